The van der Waals surface area contributed by atoms with E-state index in [1.54, 1.807) is 11.3 Å². The minimum atomic E-state index is -0.174. The van der Waals surface area contributed by atoms with Gasteiger partial charge in [-0.25, -0.2) is 0 Å². The van der Waals surface area contributed by atoms with Gasteiger partial charge >= 0.3 is 5.97 Å². The van der Waals surface area contributed by atoms with Crippen molar-refractivity contribution in [3.8, 4) is 0 Å². The van der Waals surface area contributed by atoms with Crippen LogP contribution in [0.15, 0.2) is 17.5 Å². The van der Waals surface area contributed by atoms with Gasteiger partial charge in [-0.05, 0) is 17.9 Å². The van der Waals surface area contributed by atoms with E-state index in [-0.39, 0.29) is 5.97 Å². The predicted octanol–water partition coefficient (Wildman–Crippen LogP) is 2.46. The summed E-state index contributed by atoms with van der Waals surface area (Å²) in [6, 6.07) is 3.85. The lowest BCUT2D eigenvalue weighted by molar-refractivity contribution is -0.142. The van der Waals surface area contributed by atoms with Crippen molar-refractivity contribution in [2.24, 2.45) is 0 Å². The second-order valence-corrected chi connectivity index (χ2v) is 3.93. The van der Waals surface area contributed by atoms with E-state index >= 15 is 0 Å². The Balaban J connectivity index is 2.18. The molecule has 2 nitrogen and oxygen atoms in total. The summed E-state index contributed by atoms with van der Waals surface area (Å²) in [5.41, 5.74) is 0. The number of rotatable bonds is 5. The summed E-state index contributed by atoms with van der Waals surface area (Å²) in [7, 11) is 0. The smallest absolute Gasteiger partial charge is 0.311 e. The summed E-state index contributed by atoms with van der Waals surface area (Å²) >= 11 is 7.00. The van der Waals surface area contributed by atoms with Crippen LogP contribution in [0, 0.1) is 0 Å². The first-order chi connectivity index (χ1) is 6.33. The van der Waals surface area contributed by atoms with Gasteiger partial charge in [-0.3, -0.25) is 4.79 Å². The molecule has 0 fully saturated rings. The topological polar surface area (TPSA) is 26.3 Å². The van der Waals surface area contributed by atoms with Crippen LogP contribution in [0.4, 0.5) is 0 Å². The molecule has 0 aliphatic rings. The SMILES string of the molecule is O=C(Cc1cccs1)OCCCCl. The molecular formula is C9H11ClO2S. The van der Waals surface area contributed by atoms with E-state index in [0.717, 1.165) is 11.3 Å². The standard InChI is InChI=1S/C9H11ClO2S/c10-4-2-5-12-9(11)7-8-3-1-6-13-8/h1,3,6H,2,4-5,7H2. The number of hydrogen-bond donors (Lipinski definition) is 0. The van der Waals surface area contributed by atoms with Crippen molar-refractivity contribution >= 4 is 28.9 Å². The van der Waals surface area contributed by atoms with Crippen LogP contribution < -0.4 is 0 Å². The van der Waals surface area contributed by atoms with E-state index in [9.17, 15) is 4.79 Å². The average molecular weight is 219 g/mol. The molecule has 1 aromatic rings. The third kappa shape index (κ3) is 4.29. The summed E-state index contributed by atoms with van der Waals surface area (Å²) in [6.07, 6.45) is 1.09. The lowest BCUT2D eigenvalue weighted by Crippen LogP contribution is -2.08. The molecule has 13 heavy (non-hydrogen) atoms. The van der Waals surface area contributed by atoms with Crippen LogP contribution in [0.25, 0.3) is 0 Å². The van der Waals surface area contributed by atoms with Gasteiger partial charge in [0.1, 0.15) is 0 Å². The van der Waals surface area contributed by atoms with Crippen molar-refractivity contribution in [3.63, 3.8) is 0 Å². The minimum absolute atomic E-state index is 0.174. The molecule has 0 aliphatic heterocycles. The van der Waals surface area contributed by atoms with E-state index in [1.807, 2.05) is 17.5 Å². The minimum Gasteiger partial charge on any atom is -0.465 e. The van der Waals surface area contributed by atoms with Crippen LogP contribution in [0.5, 0.6) is 0 Å². The van der Waals surface area contributed by atoms with Crippen LogP contribution >= 0.6 is 22.9 Å². The van der Waals surface area contributed by atoms with Crippen molar-refractivity contribution in [2.75, 3.05) is 12.5 Å². The van der Waals surface area contributed by atoms with Gasteiger partial charge in [-0.2, -0.15) is 0 Å². The second-order valence-electron chi connectivity index (χ2n) is 2.52. The fraction of sp³-hybridized carbons (Fsp3) is 0.444. The molecule has 0 radical (unpaired) electrons. The Kier molecular flexibility index (Phi) is 4.86. The van der Waals surface area contributed by atoms with E-state index in [2.05, 4.69) is 0 Å². The molecule has 0 N–H and O–H groups in total. The number of thiophene rings is 1. The Bertz CT molecular complexity index is 246. The monoisotopic (exact) mass is 218 g/mol. The van der Waals surface area contributed by atoms with Crippen molar-refractivity contribution < 1.29 is 9.53 Å². The molecule has 0 saturated carbocycles. The van der Waals surface area contributed by atoms with Crippen LogP contribution in [0.1, 0.15) is 11.3 Å². The molecule has 72 valence electrons. The van der Waals surface area contributed by atoms with Crippen LogP contribution in [0.3, 0.4) is 0 Å². The number of hydrogen-bond acceptors (Lipinski definition) is 3. The highest BCUT2D eigenvalue weighted by Gasteiger charge is 2.04. The van der Waals surface area contributed by atoms with Gasteiger partial charge in [0.05, 0.1) is 13.0 Å². The highest BCUT2D eigenvalue weighted by molar-refractivity contribution is 7.10. The predicted molar refractivity (Wildman–Crippen MR) is 54.3 cm³/mol. The number of halogens is 1. The number of alkyl halides is 1. The molecule has 1 aromatic heterocycles. The fourth-order valence-electron chi connectivity index (χ4n) is 0.847. The number of carbonyl (C=O) groups is 1. The Labute approximate surface area is 86.5 Å². The Morgan fingerprint density at radius 1 is 1.62 bits per heavy atom. The summed E-state index contributed by atoms with van der Waals surface area (Å²) in [4.78, 5) is 12.2. The molecule has 1 rings (SSSR count). The maximum Gasteiger partial charge on any atom is 0.311 e. The van der Waals surface area contributed by atoms with Gasteiger partial charge in [-0.15, -0.1) is 22.9 Å². The summed E-state index contributed by atoms with van der Waals surface area (Å²) < 4.78 is 4.94. The van der Waals surface area contributed by atoms with Gasteiger partial charge < -0.3 is 4.74 Å². The third-order valence-corrected chi connectivity index (χ3v) is 2.58. The lowest BCUT2D eigenvalue weighted by atomic mass is 10.3. The van der Waals surface area contributed by atoms with Crippen molar-refractivity contribution in [1.82, 2.24) is 0 Å². The van der Waals surface area contributed by atoms with E-state index in [4.69, 9.17) is 16.3 Å². The van der Waals surface area contributed by atoms with Gasteiger partial charge in [0.15, 0.2) is 0 Å². The normalized spacial score (nSPS) is 9.92. The Morgan fingerprint density at radius 3 is 3.08 bits per heavy atom. The second kappa shape index (κ2) is 6.00. The molecule has 0 atom stereocenters. The molecule has 0 aliphatic carbocycles. The first-order valence-electron chi connectivity index (χ1n) is 4.07. The number of ether oxygens (including phenoxy) is 1. The molecule has 0 bridgehead atoms. The molecule has 0 spiro atoms. The van der Waals surface area contributed by atoms with E-state index < -0.39 is 0 Å². The highest BCUT2D eigenvalue weighted by atomic mass is 35.5. The van der Waals surface area contributed by atoms with Crippen LogP contribution in [-0.2, 0) is 16.0 Å². The van der Waals surface area contributed by atoms with Gasteiger partial charge in [0.2, 0.25) is 0 Å². The third-order valence-electron chi connectivity index (χ3n) is 1.44. The molecular weight excluding hydrogens is 208 g/mol. The zero-order valence-corrected chi connectivity index (χ0v) is 8.74. The zero-order chi connectivity index (χ0) is 9.52. The Morgan fingerprint density at radius 2 is 2.46 bits per heavy atom. The summed E-state index contributed by atoms with van der Waals surface area (Å²) in [6.45, 7) is 0.424. The van der Waals surface area contributed by atoms with Crippen LogP contribution in [0.2, 0.25) is 0 Å². The van der Waals surface area contributed by atoms with E-state index in [1.165, 1.54) is 0 Å². The van der Waals surface area contributed by atoms with Crippen molar-refractivity contribution in [1.29, 1.82) is 0 Å². The number of carbonyl (C=O) groups excluding carboxylic acids is 1. The van der Waals surface area contributed by atoms with E-state index in [0.29, 0.717) is 18.9 Å². The summed E-state index contributed by atoms with van der Waals surface area (Å²) in [5.74, 6) is 0.360. The molecule has 4 heteroatoms. The van der Waals surface area contributed by atoms with Crippen molar-refractivity contribution in [3.05, 3.63) is 22.4 Å². The molecule has 0 unspecified atom stereocenters. The molecule has 0 amide bonds. The van der Waals surface area contributed by atoms with Crippen molar-refractivity contribution in [2.45, 2.75) is 12.8 Å². The largest absolute Gasteiger partial charge is 0.465 e. The van der Waals surface area contributed by atoms with Gasteiger partial charge in [-0.1, -0.05) is 6.07 Å². The van der Waals surface area contributed by atoms with Gasteiger partial charge in [0.25, 0.3) is 0 Å². The highest BCUT2D eigenvalue weighted by Crippen LogP contribution is 2.09. The number of esters is 1. The molecule has 1 heterocycles. The summed E-state index contributed by atoms with van der Waals surface area (Å²) in [5, 5.41) is 1.95. The maximum absolute atomic E-state index is 11.1. The lowest BCUT2D eigenvalue weighted by Gasteiger charge is -2.01. The maximum atomic E-state index is 11.1. The molecule has 0 aromatic carbocycles. The fourth-order valence-corrected chi connectivity index (χ4v) is 1.65. The van der Waals surface area contributed by atoms with Crippen LogP contribution in [-0.4, -0.2) is 18.5 Å². The Hall–Kier alpha value is -0.540. The first kappa shape index (κ1) is 10.5. The molecule has 0 saturated heterocycles. The quantitative estimate of drug-likeness (QED) is 0.431. The zero-order valence-electron chi connectivity index (χ0n) is 7.16. The first-order valence-corrected chi connectivity index (χ1v) is 5.48. The van der Waals surface area contributed by atoms with Gasteiger partial charge in [0, 0.05) is 10.8 Å². The average Bonchev–Trinajstić information content (AvgIpc) is 2.57.